The number of fused-ring (bicyclic) bond motifs is 1. The predicted octanol–water partition coefficient (Wildman–Crippen LogP) is 0.562. The molecule has 3 heterocycles. The number of nitrogens with zero attached hydrogens (tertiary/aromatic N) is 5. The molecule has 1 aliphatic heterocycles. The third-order valence-electron chi connectivity index (χ3n) is 4.26. The van der Waals surface area contributed by atoms with Gasteiger partial charge in [0.15, 0.2) is 5.65 Å². The normalized spacial score (nSPS) is 17.4. The molecule has 0 saturated carbocycles. The van der Waals surface area contributed by atoms with Gasteiger partial charge in [0.1, 0.15) is 5.82 Å². The second-order valence-corrected chi connectivity index (χ2v) is 8.16. The van der Waals surface area contributed by atoms with Gasteiger partial charge in [0.2, 0.25) is 16.0 Å². The zero-order chi connectivity index (χ0) is 17.3. The standard InChI is InChI=1S/C14H23N7O2S/c1-3-8-24(22,23)21-6-4-10(5-7-21)17-14-18-12(15)11-9-16-20(2)13(11)19-14/h9-10H,3-8H2,1-2H3,(H3,15,17,18,19). The van der Waals surface area contributed by atoms with Crippen molar-refractivity contribution in [1.82, 2.24) is 24.1 Å². The van der Waals surface area contributed by atoms with Crippen molar-refractivity contribution in [3.8, 4) is 0 Å². The Balaban J connectivity index is 1.67. The average Bonchev–Trinajstić information content (AvgIpc) is 2.90. The third-order valence-corrected chi connectivity index (χ3v) is 6.34. The van der Waals surface area contributed by atoms with Crippen LogP contribution < -0.4 is 11.1 Å². The van der Waals surface area contributed by atoms with Crippen molar-refractivity contribution in [2.24, 2.45) is 7.05 Å². The van der Waals surface area contributed by atoms with Crippen molar-refractivity contribution < 1.29 is 8.42 Å². The Labute approximate surface area is 141 Å². The third kappa shape index (κ3) is 3.29. The highest BCUT2D eigenvalue weighted by molar-refractivity contribution is 7.89. The molecule has 10 heteroatoms. The lowest BCUT2D eigenvalue weighted by molar-refractivity contribution is 0.329. The molecule has 0 radical (unpaired) electrons. The van der Waals surface area contributed by atoms with Gasteiger partial charge < -0.3 is 11.1 Å². The summed E-state index contributed by atoms with van der Waals surface area (Å²) in [6.07, 6.45) is 3.72. The van der Waals surface area contributed by atoms with Crippen molar-refractivity contribution in [3.63, 3.8) is 0 Å². The van der Waals surface area contributed by atoms with Crippen molar-refractivity contribution in [1.29, 1.82) is 0 Å². The molecule has 1 fully saturated rings. The fourth-order valence-corrected chi connectivity index (χ4v) is 4.50. The summed E-state index contributed by atoms with van der Waals surface area (Å²) < 4.78 is 27.4. The summed E-state index contributed by atoms with van der Waals surface area (Å²) in [7, 11) is -1.32. The van der Waals surface area contributed by atoms with E-state index in [1.54, 1.807) is 22.2 Å². The van der Waals surface area contributed by atoms with Crippen LogP contribution in [0, 0.1) is 0 Å². The molecule has 3 rings (SSSR count). The molecular formula is C14H23N7O2S. The monoisotopic (exact) mass is 353 g/mol. The topological polar surface area (TPSA) is 119 Å². The molecule has 0 aromatic carbocycles. The van der Waals surface area contributed by atoms with Crippen LogP contribution in [0.15, 0.2) is 6.20 Å². The van der Waals surface area contributed by atoms with Crippen LogP contribution in [0.2, 0.25) is 0 Å². The van der Waals surface area contributed by atoms with E-state index < -0.39 is 10.0 Å². The summed E-state index contributed by atoms with van der Waals surface area (Å²) in [5.41, 5.74) is 6.63. The van der Waals surface area contributed by atoms with Crippen LogP contribution in [-0.2, 0) is 17.1 Å². The molecule has 0 amide bonds. The Morgan fingerprint density at radius 1 is 1.33 bits per heavy atom. The second kappa shape index (κ2) is 6.52. The van der Waals surface area contributed by atoms with Gasteiger partial charge in [0.05, 0.1) is 17.3 Å². The van der Waals surface area contributed by atoms with E-state index in [0.717, 1.165) is 18.2 Å². The SMILES string of the molecule is CCCS(=O)(=O)N1CCC(Nc2nc(N)c3cnn(C)c3n2)CC1. The van der Waals surface area contributed by atoms with E-state index in [1.807, 2.05) is 6.92 Å². The lowest BCUT2D eigenvalue weighted by atomic mass is 10.1. The number of aromatic nitrogens is 4. The van der Waals surface area contributed by atoms with E-state index in [2.05, 4.69) is 20.4 Å². The number of piperidine rings is 1. The molecule has 24 heavy (non-hydrogen) atoms. The Bertz CT molecular complexity index is 825. The lowest BCUT2D eigenvalue weighted by Crippen LogP contribution is -2.43. The molecular weight excluding hydrogens is 330 g/mol. The Morgan fingerprint density at radius 3 is 2.71 bits per heavy atom. The molecule has 0 aliphatic carbocycles. The molecule has 3 N–H and O–H groups in total. The fourth-order valence-electron chi connectivity index (χ4n) is 2.96. The van der Waals surface area contributed by atoms with Gasteiger partial charge >= 0.3 is 0 Å². The zero-order valence-corrected chi connectivity index (χ0v) is 14.8. The van der Waals surface area contributed by atoms with Crippen LogP contribution >= 0.6 is 0 Å². The maximum Gasteiger partial charge on any atom is 0.226 e. The minimum Gasteiger partial charge on any atom is -0.383 e. The van der Waals surface area contributed by atoms with Crippen LogP contribution in [0.25, 0.3) is 11.0 Å². The fraction of sp³-hybridized carbons (Fsp3) is 0.643. The number of anilines is 2. The minimum absolute atomic E-state index is 0.128. The first-order valence-electron chi connectivity index (χ1n) is 8.10. The van der Waals surface area contributed by atoms with Crippen molar-refractivity contribution in [2.75, 3.05) is 29.9 Å². The van der Waals surface area contributed by atoms with E-state index in [1.165, 1.54) is 0 Å². The van der Waals surface area contributed by atoms with Gasteiger partial charge in [-0.3, -0.25) is 4.68 Å². The van der Waals surface area contributed by atoms with Gasteiger partial charge in [-0.25, -0.2) is 12.7 Å². The van der Waals surface area contributed by atoms with E-state index >= 15 is 0 Å². The highest BCUT2D eigenvalue weighted by Crippen LogP contribution is 2.21. The molecule has 2 aromatic rings. The Kier molecular flexibility index (Phi) is 4.59. The van der Waals surface area contributed by atoms with Crippen LogP contribution in [0.3, 0.4) is 0 Å². The number of nitrogens with two attached hydrogens (primary N) is 1. The summed E-state index contributed by atoms with van der Waals surface area (Å²) in [6.45, 7) is 2.91. The zero-order valence-electron chi connectivity index (χ0n) is 13.9. The smallest absolute Gasteiger partial charge is 0.226 e. The number of rotatable bonds is 5. The van der Waals surface area contributed by atoms with Gasteiger partial charge in [0, 0.05) is 26.2 Å². The first-order valence-corrected chi connectivity index (χ1v) is 9.71. The van der Waals surface area contributed by atoms with E-state index in [4.69, 9.17) is 5.73 Å². The second-order valence-electron chi connectivity index (χ2n) is 6.07. The van der Waals surface area contributed by atoms with Crippen molar-refractivity contribution in [3.05, 3.63) is 6.20 Å². The average molecular weight is 353 g/mol. The van der Waals surface area contributed by atoms with Gasteiger partial charge in [-0.1, -0.05) is 6.92 Å². The quantitative estimate of drug-likeness (QED) is 0.806. The predicted molar refractivity (Wildman–Crippen MR) is 93.0 cm³/mol. The number of hydrogen-bond acceptors (Lipinski definition) is 7. The molecule has 0 spiro atoms. The van der Waals surface area contributed by atoms with Crippen molar-refractivity contribution >= 4 is 32.8 Å². The summed E-state index contributed by atoms with van der Waals surface area (Å²) in [6, 6.07) is 0.128. The highest BCUT2D eigenvalue weighted by Gasteiger charge is 2.27. The molecule has 2 aromatic heterocycles. The van der Waals surface area contributed by atoms with E-state index in [-0.39, 0.29) is 11.8 Å². The Morgan fingerprint density at radius 2 is 2.04 bits per heavy atom. The molecule has 1 aliphatic rings. The van der Waals surface area contributed by atoms with Crippen LogP contribution in [-0.4, -0.2) is 57.4 Å². The van der Waals surface area contributed by atoms with E-state index in [0.29, 0.717) is 36.9 Å². The molecule has 9 nitrogen and oxygen atoms in total. The summed E-state index contributed by atoms with van der Waals surface area (Å²) in [5, 5.41) is 8.13. The first-order chi connectivity index (χ1) is 11.4. The molecule has 1 saturated heterocycles. The van der Waals surface area contributed by atoms with Crippen LogP contribution in [0.1, 0.15) is 26.2 Å². The lowest BCUT2D eigenvalue weighted by Gasteiger charge is -2.31. The summed E-state index contributed by atoms with van der Waals surface area (Å²) >= 11 is 0. The number of sulfonamides is 1. The number of hydrogen-bond donors (Lipinski definition) is 2. The molecule has 0 atom stereocenters. The summed E-state index contributed by atoms with van der Waals surface area (Å²) in [4.78, 5) is 8.73. The van der Waals surface area contributed by atoms with Gasteiger partial charge in [0.25, 0.3) is 0 Å². The van der Waals surface area contributed by atoms with Crippen molar-refractivity contribution in [2.45, 2.75) is 32.2 Å². The molecule has 0 unspecified atom stereocenters. The minimum atomic E-state index is -3.12. The Hall–Kier alpha value is -1.94. The van der Waals surface area contributed by atoms with Crippen LogP contribution in [0.4, 0.5) is 11.8 Å². The maximum atomic E-state index is 12.1. The first kappa shape index (κ1) is 16.9. The highest BCUT2D eigenvalue weighted by atomic mass is 32.2. The molecule has 132 valence electrons. The maximum absolute atomic E-state index is 12.1. The van der Waals surface area contributed by atoms with Gasteiger partial charge in [-0.2, -0.15) is 15.1 Å². The van der Waals surface area contributed by atoms with Gasteiger partial charge in [-0.05, 0) is 19.3 Å². The van der Waals surface area contributed by atoms with Crippen LogP contribution in [0.5, 0.6) is 0 Å². The van der Waals surface area contributed by atoms with E-state index in [9.17, 15) is 8.42 Å². The summed E-state index contributed by atoms with van der Waals surface area (Å²) in [5.74, 6) is 1.05. The number of nitrogens with one attached hydrogen (secondary N) is 1. The molecule has 0 bridgehead atoms. The number of nitrogen functional groups attached to an aromatic ring is 1. The van der Waals surface area contributed by atoms with Gasteiger partial charge in [-0.15, -0.1) is 0 Å². The largest absolute Gasteiger partial charge is 0.383 e. The number of aryl methyl sites for hydroxylation is 1.